The highest BCUT2D eigenvalue weighted by molar-refractivity contribution is 6.66. The molecule has 9 heteroatoms. The Hall–Kier alpha value is 2.35. The van der Waals surface area contributed by atoms with Crippen LogP contribution in [0.25, 0.3) is 0 Å². The summed E-state index contributed by atoms with van der Waals surface area (Å²) in [4.78, 5) is -2.77. The zero-order valence-corrected chi connectivity index (χ0v) is 15.6. The SMILES string of the molecule is Cl[13C]1=[13C](Cl)[13C@]2(Cl)[13C@H]3[13C@H]([13C@H](Cl)[13CH](Cl)[13C@@H]3Cl)[13C@@]1(Cl)[13C]2(Cl)Cl. The molecule has 0 aromatic heterocycles. The van der Waals surface area contributed by atoms with Crippen molar-refractivity contribution in [2.75, 3.05) is 0 Å². The van der Waals surface area contributed by atoms with E-state index in [0.29, 0.717) is 0 Å². The van der Waals surface area contributed by atoms with Gasteiger partial charge < -0.3 is 0 Å². The molecule has 0 spiro atoms. The quantitative estimate of drug-likeness (QED) is 0.316. The first-order chi connectivity index (χ1) is 8.54. The fourth-order valence-electron chi connectivity index (χ4n) is 3.47. The van der Waals surface area contributed by atoms with Crippen molar-refractivity contribution in [3.8, 4) is 0 Å². The molecule has 0 aromatic carbocycles. The molecule has 3 aliphatic carbocycles. The Morgan fingerprint density at radius 3 is 1.26 bits per heavy atom. The van der Waals surface area contributed by atoms with Crippen molar-refractivity contribution in [3.05, 3.63) is 10.1 Å². The molecule has 3 aliphatic rings. The third-order valence-corrected chi connectivity index (χ3v) is 10.5. The van der Waals surface area contributed by atoms with Crippen molar-refractivity contribution in [1.82, 2.24) is 0 Å². The van der Waals surface area contributed by atoms with Gasteiger partial charge in [-0.2, -0.15) is 0 Å². The van der Waals surface area contributed by atoms with Crippen molar-refractivity contribution in [3.63, 3.8) is 0 Å². The van der Waals surface area contributed by atoms with Crippen LogP contribution in [0.5, 0.6) is 0 Å². The van der Waals surface area contributed by atoms with Crippen molar-refractivity contribution in [2.45, 2.75) is 30.2 Å². The predicted octanol–water partition coefficient (Wildman–Crippen LogP) is 5.90. The summed E-state index contributed by atoms with van der Waals surface area (Å²) >= 11 is 57.4. The molecule has 3 rings (SSSR count). The van der Waals surface area contributed by atoms with Gasteiger partial charge in [0, 0.05) is 11.8 Å². The van der Waals surface area contributed by atoms with Gasteiger partial charge in [0.25, 0.3) is 0 Å². The van der Waals surface area contributed by atoms with E-state index in [1.165, 1.54) is 0 Å². The Morgan fingerprint density at radius 2 is 0.947 bits per heavy atom. The second-order valence-electron chi connectivity index (χ2n) is 5.01. The molecule has 0 nitrogen and oxygen atoms in total. The van der Waals surface area contributed by atoms with Crippen molar-refractivity contribution in [1.29, 1.82) is 0 Å². The first kappa shape index (κ1) is 16.2. The van der Waals surface area contributed by atoms with E-state index in [2.05, 4.69) is 0 Å². The number of fused-ring (bicyclic) bond motifs is 5. The molecule has 0 aliphatic heterocycles. The molecule has 19 heavy (non-hydrogen) atoms. The van der Waals surface area contributed by atoms with Gasteiger partial charge in [0.2, 0.25) is 0 Å². The van der Waals surface area contributed by atoms with Gasteiger partial charge >= 0.3 is 0 Å². The van der Waals surface area contributed by atoms with Crippen LogP contribution in [0.1, 0.15) is 0 Å². The lowest BCUT2D eigenvalue weighted by Crippen LogP contribution is -2.48. The van der Waals surface area contributed by atoms with E-state index in [1.807, 2.05) is 0 Å². The molecule has 0 aromatic rings. The normalized spacial score (nSPS) is 58.9. The van der Waals surface area contributed by atoms with Gasteiger partial charge in [-0.1, -0.05) is 46.4 Å². The van der Waals surface area contributed by atoms with Crippen molar-refractivity contribution in [2.24, 2.45) is 11.8 Å². The van der Waals surface area contributed by atoms with Crippen LogP contribution in [-0.2, 0) is 0 Å². The predicted molar refractivity (Wildman–Crippen MR) is 86.2 cm³/mol. The molecule has 2 bridgehead atoms. The van der Waals surface area contributed by atoms with E-state index in [9.17, 15) is 0 Å². The minimum atomic E-state index is -1.61. The summed E-state index contributed by atoms with van der Waals surface area (Å²) in [5, 5.41) is -1.38. The average Bonchev–Trinajstić information content (AvgIpc) is 2.69. The lowest BCUT2D eigenvalue weighted by molar-refractivity contribution is 0.388. The van der Waals surface area contributed by atoms with E-state index < -0.39 is 42.0 Å². The molecule has 0 amide bonds. The Kier molecular flexibility index (Phi) is 3.80. The number of allylic oxidation sites excluding steroid dienone is 2. The molecular weight excluding hydrogens is 449 g/mol. The highest BCUT2D eigenvalue weighted by Gasteiger charge is 2.86. The first-order valence-electron chi connectivity index (χ1n) is 5.28. The van der Waals surface area contributed by atoms with Crippen molar-refractivity contribution >= 4 is 104 Å². The molecule has 0 N–H and O–H groups in total. The summed E-state index contributed by atoms with van der Waals surface area (Å²) in [7, 11) is 0. The number of hydrogen-bond acceptors (Lipinski definition) is 0. The third kappa shape index (κ3) is 1.47. The Morgan fingerprint density at radius 1 is 0.632 bits per heavy atom. The molecule has 0 radical (unpaired) electrons. The summed E-state index contributed by atoms with van der Waals surface area (Å²) in [6, 6.07) is 0. The highest BCUT2D eigenvalue weighted by Crippen LogP contribution is 2.79. The lowest BCUT2D eigenvalue weighted by atomic mass is 10.8. The smallest absolute Gasteiger partial charge is 0.121 e. The van der Waals surface area contributed by atoms with Crippen LogP contribution in [-0.4, -0.2) is 30.2 Å². The fraction of sp³-hybridized carbons (Fsp3) is 0.800. The van der Waals surface area contributed by atoms with Crippen LogP contribution in [0.3, 0.4) is 0 Å². The van der Waals surface area contributed by atoms with Crippen LogP contribution in [0, 0.1) is 11.8 Å². The van der Waals surface area contributed by atoms with Gasteiger partial charge in [0.15, 0.2) is 4.33 Å². The Bertz CT molecular complexity index is 447. The highest BCUT2D eigenvalue weighted by atomic mass is 35.5. The molecule has 7 atom stereocenters. The maximum atomic E-state index is 6.63. The molecular formula is C10H5Cl9. The van der Waals surface area contributed by atoms with E-state index in [-0.39, 0.29) is 10.1 Å². The fourth-order valence-corrected chi connectivity index (χ4v) is 8.08. The Balaban J connectivity index is 2.29. The number of halogens is 9. The number of hydrogen-bond donors (Lipinski definition) is 0. The summed E-state index contributed by atoms with van der Waals surface area (Å²) in [6.07, 6.45) is 0. The van der Waals surface area contributed by atoms with Gasteiger partial charge in [0.1, 0.15) is 9.75 Å². The van der Waals surface area contributed by atoms with Crippen LogP contribution < -0.4 is 0 Å². The maximum Gasteiger partial charge on any atom is 0.166 e. The van der Waals surface area contributed by atoms with Gasteiger partial charge in [-0.25, -0.2) is 0 Å². The Labute approximate surface area is 155 Å². The zero-order valence-electron chi connectivity index (χ0n) is 8.79. The summed E-state index contributed by atoms with van der Waals surface area (Å²) in [5.74, 6) is -0.910. The minimum absolute atomic E-state index is 0.123. The second-order valence-corrected chi connectivity index (χ2v) is 9.80. The molecule has 2 saturated carbocycles. The van der Waals surface area contributed by atoms with Gasteiger partial charge in [0.05, 0.1) is 26.2 Å². The maximum absolute atomic E-state index is 6.63. The lowest BCUT2D eigenvalue weighted by Gasteiger charge is -2.35. The molecule has 0 heterocycles. The van der Waals surface area contributed by atoms with Crippen LogP contribution >= 0.6 is 104 Å². The molecule has 108 valence electrons. The monoisotopic (exact) mass is 450 g/mol. The van der Waals surface area contributed by atoms with Gasteiger partial charge in [-0.05, 0) is 0 Å². The van der Waals surface area contributed by atoms with Crippen LogP contribution in [0.4, 0.5) is 0 Å². The van der Waals surface area contributed by atoms with Gasteiger partial charge in [-0.3, -0.25) is 0 Å². The second kappa shape index (κ2) is 4.46. The van der Waals surface area contributed by atoms with Crippen LogP contribution in [0.2, 0.25) is 0 Å². The standard InChI is InChI=1S/C10H5Cl9/c11-3-1-2(4(12)5(3)13)9(17)7(15)6(14)8(1,16)10(9,18)19/h1-5H/t1-,2+,3+,4-,5?,8+,9-/i1+1,2+1,3+1,4+1,5+1,6+1,7+1,8+1,9+1,10+1. The zero-order chi connectivity index (χ0) is 14.5. The van der Waals surface area contributed by atoms with Crippen molar-refractivity contribution < 1.29 is 0 Å². The van der Waals surface area contributed by atoms with E-state index in [0.717, 1.165) is 0 Å². The molecule has 1 unspecified atom stereocenters. The largest absolute Gasteiger partial charge is 0.166 e. The summed E-state index contributed by atoms with van der Waals surface area (Å²) in [6.45, 7) is 0. The van der Waals surface area contributed by atoms with E-state index in [1.54, 1.807) is 0 Å². The van der Waals surface area contributed by atoms with Gasteiger partial charge in [-0.15, -0.1) is 58.0 Å². The summed E-state index contributed by atoms with van der Waals surface area (Å²) < 4.78 is -1.61. The van der Waals surface area contributed by atoms with E-state index >= 15 is 0 Å². The first-order valence-corrected chi connectivity index (χ1v) is 8.86. The molecule has 2 fully saturated rings. The van der Waals surface area contributed by atoms with Crippen LogP contribution in [0.15, 0.2) is 10.1 Å². The number of alkyl halides is 7. The number of rotatable bonds is 0. The average molecular weight is 454 g/mol. The van der Waals surface area contributed by atoms with E-state index in [4.69, 9.17) is 104 Å². The topological polar surface area (TPSA) is 0 Å². The summed E-state index contributed by atoms with van der Waals surface area (Å²) in [5.41, 5.74) is 0. The third-order valence-electron chi connectivity index (χ3n) is 4.35. The molecule has 0 saturated heterocycles. The minimum Gasteiger partial charge on any atom is -0.121 e.